The molecule has 0 fully saturated rings. The summed E-state index contributed by atoms with van der Waals surface area (Å²) in [4.78, 5) is 0. The third-order valence-electron chi connectivity index (χ3n) is 1.93. The largest absolute Gasteiger partial charge is 0.0999 e. The van der Waals surface area contributed by atoms with E-state index in [1.54, 1.807) is 0 Å². The molecular weight excluding hydrogens is 108 g/mol. The van der Waals surface area contributed by atoms with E-state index in [4.69, 9.17) is 0 Å². The fourth-order valence-electron chi connectivity index (χ4n) is 1.19. The molecule has 2 atom stereocenters. The van der Waals surface area contributed by atoms with Crippen molar-refractivity contribution in [3.05, 3.63) is 0 Å². The van der Waals surface area contributed by atoms with E-state index in [2.05, 4.69) is 32.6 Å². The van der Waals surface area contributed by atoms with E-state index in [1.165, 1.54) is 6.42 Å². The van der Waals surface area contributed by atoms with Gasteiger partial charge in [-0.3, -0.25) is 0 Å². The highest BCUT2D eigenvalue weighted by Gasteiger charge is 2.17. The molecule has 0 spiro atoms. The lowest BCUT2D eigenvalue weighted by molar-refractivity contribution is 0.433. The van der Waals surface area contributed by atoms with E-state index in [1.807, 2.05) is 0 Å². The second kappa shape index (κ2) is 2.43. The van der Waals surface area contributed by atoms with Gasteiger partial charge in [0, 0.05) is 11.8 Å². The molecule has 50 valence electrons. The summed E-state index contributed by atoms with van der Waals surface area (Å²) < 4.78 is 0. The lowest BCUT2D eigenvalue weighted by Gasteiger charge is -2.10. The molecule has 0 amide bonds. The molecule has 0 aromatic heterocycles. The first-order valence-electron chi connectivity index (χ1n) is 3.71. The van der Waals surface area contributed by atoms with Gasteiger partial charge in [-0.05, 0) is 12.3 Å². The molecule has 9 heavy (non-hydrogen) atoms. The van der Waals surface area contributed by atoms with Gasteiger partial charge in [-0.25, -0.2) is 0 Å². The van der Waals surface area contributed by atoms with Crippen molar-refractivity contribution in [3.8, 4) is 11.8 Å². The maximum absolute atomic E-state index is 3.26. The molecule has 0 aliphatic heterocycles. The van der Waals surface area contributed by atoms with Crippen molar-refractivity contribution in [3.63, 3.8) is 0 Å². The monoisotopic (exact) mass is 122 g/mol. The quantitative estimate of drug-likeness (QED) is 0.468. The molecule has 0 radical (unpaired) electrons. The SMILES string of the molecule is CC1C#CC(C(C)C)C1. The van der Waals surface area contributed by atoms with E-state index < -0.39 is 0 Å². The molecule has 0 saturated heterocycles. The Kier molecular flexibility index (Phi) is 1.81. The average Bonchev–Trinajstić information content (AvgIpc) is 2.14. The van der Waals surface area contributed by atoms with Crippen molar-refractivity contribution >= 4 is 0 Å². The van der Waals surface area contributed by atoms with Crippen molar-refractivity contribution in [1.29, 1.82) is 0 Å². The van der Waals surface area contributed by atoms with E-state index in [9.17, 15) is 0 Å². The van der Waals surface area contributed by atoms with Crippen LogP contribution in [0, 0.1) is 29.6 Å². The van der Waals surface area contributed by atoms with Crippen LogP contribution in [0.15, 0.2) is 0 Å². The van der Waals surface area contributed by atoms with Gasteiger partial charge in [0.2, 0.25) is 0 Å². The molecule has 0 aromatic rings. The Morgan fingerprint density at radius 3 is 2.22 bits per heavy atom. The summed E-state index contributed by atoms with van der Waals surface area (Å²) in [5.74, 6) is 8.54. The number of hydrogen-bond acceptors (Lipinski definition) is 0. The van der Waals surface area contributed by atoms with E-state index in [0.29, 0.717) is 11.8 Å². The predicted molar refractivity (Wildman–Crippen MR) is 39.9 cm³/mol. The third-order valence-corrected chi connectivity index (χ3v) is 1.93. The Bertz CT molecular complexity index is 145. The molecule has 2 unspecified atom stereocenters. The third kappa shape index (κ3) is 1.48. The van der Waals surface area contributed by atoms with Gasteiger partial charge in [0.25, 0.3) is 0 Å². The molecular formula is C9H14. The van der Waals surface area contributed by atoms with Crippen molar-refractivity contribution in [2.75, 3.05) is 0 Å². The fraction of sp³-hybridized carbons (Fsp3) is 0.778. The van der Waals surface area contributed by atoms with Gasteiger partial charge < -0.3 is 0 Å². The van der Waals surface area contributed by atoms with Crippen LogP contribution in [-0.2, 0) is 0 Å². The van der Waals surface area contributed by atoms with Crippen molar-refractivity contribution < 1.29 is 0 Å². The Morgan fingerprint density at radius 1 is 1.33 bits per heavy atom. The van der Waals surface area contributed by atoms with Crippen molar-refractivity contribution in [1.82, 2.24) is 0 Å². The van der Waals surface area contributed by atoms with Crippen LogP contribution in [0.5, 0.6) is 0 Å². The first-order chi connectivity index (χ1) is 4.20. The molecule has 1 aliphatic rings. The summed E-state index contributed by atoms with van der Waals surface area (Å²) in [5.41, 5.74) is 0. The molecule has 0 bridgehead atoms. The Hall–Kier alpha value is -0.440. The summed E-state index contributed by atoms with van der Waals surface area (Å²) in [6.45, 7) is 6.70. The lowest BCUT2D eigenvalue weighted by atomic mass is 9.93. The normalized spacial score (nSPS) is 32.4. The molecule has 0 nitrogen and oxygen atoms in total. The van der Waals surface area contributed by atoms with Gasteiger partial charge in [-0.2, -0.15) is 0 Å². The highest BCUT2D eigenvalue weighted by atomic mass is 14.2. The summed E-state index contributed by atoms with van der Waals surface area (Å²) in [7, 11) is 0. The van der Waals surface area contributed by atoms with Crippen LogP contribution in [0.2, 0.25) is 0 Å². The Balaban J connectivity index is 2.45. The summed E-state index contributed by atoms with van der Waals surface area (Å²) in [6, 6.07) is 0. The van der Waals surface area contributed by atoms with Gasteiger partial charge in [-0.1, -0.05) is 32.6 Å². The van der Waals surface area contributed by atoms with Crippen LogP contribution in [-0.4, -0.2) is 0 Å². The maximum atomic E-state index is 3.26. The second-order valence-corrected chi connectivity index (χ2v) is 3.28. The first-order valence-corrected chi connectivity index (χ1v) is 3.71. The van der Waals surface area contributed by atoms with E-state index >= 15 is 0 Å². The summed E-state index contributed by atoms with van der Waals surface area (Å²) >= 11 is 0. The highest BCUT2D eigenvalue weighted by molar-refractivity contribution is 5.14. The van der Waals surface area contributed by atoms with Crippen molar-refractivity contribution in [2.24, 2.45) is 17.8 Å². The van der Waals surface area contributed by atoms with Crippen molar-refractivity contribution in [2.45, 2.75) is 27.2 Å². The maximum Gasteiger partial charge on any atom is 0.0237 e. The van der Waals surface area contributed by atoms with Gasteiger partial charge in [0.05, 0.1) is 0 Å². The van der Waals surface area contributed by atoms with E-state index in [0.717, 1.165) is 5.92 Å². The van der Waals surface area contributed by atoms with Crippen LogP contribution in [0.3, 0.4) is 0 Å². The molecule has 0 aromatic carbocycles. The summed E-state index contributed by atoms with van der Waals surface area (Å²) in [6.07, 6.45) is 1.26. The topological polar surface area (TPSA) is 0 Å². The smallest absolute Gasteiger partial charge is 0.0237 e. The van der Waals surface area contributed by atoms with Crippen LogP contribution in [0.4, 0.5) is 0 Å². The number of hydrogen-bond donors (Lipinski definition) is 0. The zero-order chi connectivity index (χ0) is 6.85. The van der Waals surface area contributed by atoms with Crippen LogP contribution >= 0.6 is 0 Å². The zero-order valence-corrected chi connectivity index (χ0v) is 6.44. The first kappa shape index (κ1) is 6.68. The van der Waals surface area contributed by atoms with Gasteiger partial charge in [0.1, 0.15) is 0 Å². The fourth-order valence-corrected chi connectivity index (χ4v) is 1.19. The molecule has 0 heterocycles. The Labute approximate surface area is 57.7 Å². The van der Waals surface area contributed by atoms with Crippen LogP contribution < -0.4 is 0 Å². The molecule has 0 heteroatoms. The van der Waals surface area contributed by atoms with Gasteiger partial charge in [0.15, 0.2) is 0 Å². The molecule has 1 rings (SSSR count). The van der Waals surface area contributed by atoms with E-state index in [-0.39, 0.29) is 0 Å². The van der Waals surface area contributed by atoms with Gasteiger partial charge >= 0.3 is 0 Å². The minimum atomic E-state index is 0.650. The second-order valence-electron chi connectivity index (χ2n) is 3.28. The lowest BCUT2D eigenvalue weighted by Crippen LogP contribution is -2.04. The highest BCUT2D eigenvalue weighted by Crippen LogP contribution is 2.23. The molecule has 0 saturated carbocycles. The predicted octanol–water partition coefficient (Wildman–Crippen LogP) is 2.30. The Morgan fingerprint density at radius 2 is 2.00 bits per heavy atom. The standard InChI is InChI=1S/C9H14/c1-7(2)9-5-4-8(3)6-9/h7-9H,6H2,1-3H3. The van der Waals surface area contributed by atoms with Gasteiger partial charge in [-0.15, -0.1) is 0 Å². The molecule has 1 aliphatic carbocycles. The summed E-state index contributed by atoms with van der Waals surface area (Å²) in [5, 5.41) is 0. The van der Waals surface area contributed by atoms with Crippen LogP contribution in [0.25, 0.3) is 0 Å². The number of rotatable bonds is 1. The average molecular weight is 122 g/mol. The molecule has 0 N–H and O–H groups in total. The minimum absolute atomic E-state index is 0.650. The minimum Gasteiger partial charge on any atom is -0.0999 e. The van der Waals surface area contributed by atoms with Crippen LogP contribution in [0.1, 0.15) is 27.2 Å². The zero-order valence-electron chi connectivity index (χ0n) is 6.44.